The van der Waals surface area contributed by atoms with Crippen molar-refractivity contribution in [1.82, 2.24) is 15.0 Å². The lowest BCUT2D eigenvalue weighted by Gasteiger charge is -2.14. The van der Waals surface area contributed by atoms with Crippen LogP contribution in [0, 0.1) is 6.92 Å². The average molecular weight is 300 g/mol. The van der Waals surface area contributed by atoms with Crippen molar-refractivity contribution in [3.63, 3.8) is 0 Å². The summed E-state index contributed by atoms with van der Waals surface area (Å²) in [4.78, 5) is 30.3. The van der Waals surface area contributed by atoms with Gasteiger partial charge in [0.15, 0.2) is 5.82 Å². The Morgan fingerprint density at radius 2 is 1.95 bits per heavy atom. The number of pyridine rings is 1. The van der Waals surface area contributed by atoms with Crippen LogP contribution in [0.15, 0.2) is 28.8 Å². The van der Waals surface area contributed by atoms with Gasteiger partial charge in [-0.2, -0.15) is 0 Å². The van der Waals surface area contributed by atoms with Gasteiger partial charge in [-0.15, -0.1) is 0 Å². The van der Waals surface area contributed by atoms with E-state index in [9.17, 15) is 9.59 Å². The SMILES string of the molecule is Cc1cc(NC(=O)c2cccc(C(=O)N3CCCC3)n2)no1. The molecule has 1 aliphatic rings. The summed E-state index contributed by atoms with van der Waals surface area (Å²) >= 11 is 0. The van der Waals surface area contributed by atoms with E-state index in [1.54, 1.807) is 36.1 Å². The molecule has 0 spiro atoms. The molecule has 1 aliphatic heterocycles. The molecule has 1 fully saturated rings. The average Bonchev–Trinajstić information content (AvgIpc) is 3.18. The molecule has 0 aromatic carbocycles. The number of nitrogens with one attached hydrogen (secondary N) is 1. The molecular weight excluding hydrogens is 284 g/mol. The number of carbonyl (C=O) groups excluding carboxylic acids is 2. The maximum Gasteiger partial charge on any atom is 0.275 e. The highest BCUT2D eigenvalue weighted by Crippen LogP contribution is 2.13. The van der Waals surface area contributed by atoms with Crippen LogP contribution in [0.1, 0.15) is 39.6 Å². The van der Waals surface area contributed by atoms with Gasteiger partial charge in [0.1, 0.15) is 17.1 Å². The topological polar surface area (TPSA) is 88.3 Å². The fourth-order valence-electron chi connectivity index (χ4n) is 2.37. The van der Waals surface area contributed by atoms with Crippen molar-refractivity contribution in [1.29, 1.82) is 0 Å². The summed E-state index contributed by atoms with van der Waals surface area (Å²) < 4.78 is 4.88. The number of hydrogen-bond donors (Lipinski definition) is 1. The van der Waals surface area contributed by atoms with Crippen molar-refractivity contribution in [3.8, 4) is 0 Å². The molecule has 7 heteroatoms. The second kappa shape index (κ2) is 5.97. The molecule has 22 heavy (non-hydrogen) atoms. The maximum atomic E-state index is 12.3. The third-order valence-corrected chi connectivity index (χ3v) is 3.46. The number of amides is 2. The fraction of sp³-hybridized carbons (Fsp3) is 0.333. The first-order valence-corrected chi connectivity index (χ1v) is 7.14. The van der Waals surface area contributed by atoms with E-state index < -0.39 is 5.91 Å². The molecule has 114 valence electrons. The predicted octanol–water partition coefficient (Wildman–Crippen LogP) is 1.87. The van der Waals surface area contributed by atoms with Gasteiger partial charge in [0.2, 0.25) is 0 Å². The number of carbonyl (C=O) groups is 2. The lowest BCUT2D eigenvalue weighted by Crippen LogP contribution is -2.29. The summed E-state index contributed by atoms with van der Waals surface area (Å²) in [6.45, 7) is 3.22. The van der Waals surface area contributed by atoms with Gasteiger partial charge >= 0.3 is 0 Å². The lowest BCUT2D eigenvalue weighted by molar-refractivity contribution is 0.0787. The summed E-state index contributed by atoms with van der Waals surface area (Å²) in [6, 6.07) is 6.44. The van der Waals surface area contributed by atoms with Gasteiger partial charge in [-0.3, -0.25) is 9.59 Å². The zero-order valence-corrected chi connectivity index (χ0v) is 12.2. The molecule has 2 amide bonds. The fourth-order valence-corrected chi connectivity index (χ4v) is 2.37. The highest BCUT2D eigenvalue weighted by molar-refractivity contribution is 6.03. The number of likely N-dealkylation sites (tertiary alicyclic amines) is 1. The maximum absolute atomic E-state index is 12.3. The first-order chi connectivity index (χ1) is 10.6. The Morgan fingerprint density at radius 3 is 2.64 bits per heavy atom. The van der Waals surface area contributed by atoms with E-state index in [0.29, 0.717) is 11.6 Å². The van der Waals surface area contributed by atoms with Gasteiger partial charge in [0, 0.05) is 19.2 Å². The summed E-state index contributed by atoms with van der Waals surface area (Å²) in [5, 5.41) is 6.28. The molecule has 3 heterocycles. The molecule has 0 atom stereocenters. The van der Waals surface area contributed by atoms with Crippen LogP contribution in [-0.2, 0) is 0 Å². The number of aromatic nitrogens is 2. The number of hydrogen-bond acceptors (Lipinski definition) is 5. The van der Waals surface area contributed by atoms with Gasteiger partial charge in [0.25, 0.3) is 11.8 Å². The van der Waals surface area contributed by atoms with Gasteiger partial charge in [-0.05, 0) is 31.9 Å². The number of anilines is 1. The smallest absolute Gasteiger partial charge is 0.275 e. The van der Waals surface area contributed by atoms with Crippen LogP contribution < -0.4 is 5.32 Å². The Bertz CT molecular complexity index is 704. The molecule has 0 bridgehead atoms. The van der Waals surface area contributed by atoms with Crippen LogP contribution in [0.2, 0.25) is 0 Å². The highest BCUT2D eigenvalue weighted by Gasteiger charge is 2.21. The first-order valence-electron chi connectivity index (χ1n) is 7.14. The van der Waals surface area contributed by atoms with E-state index in [0.717, 1.165) is 25.9 Å². The van der Waals surface area contributed by atoms with E-state index in [4.69, 9.17) is 4.52 Å². The third-order valence-electron chi connectivity index (χ3n) is 3.46. The largest absolute Gasteiger partial charge is 0.360 e. The van der Waals surface area contributed by atoms with E-state index in [1.165, 1.54) is 0 Å². The molecule has 0 unspecified atom stereocenters. The molecule has 3 rings (SSSR count). The Labute approximate surface area is 127 Å². The van der Waals surface area contributed by atoms with Crippen LogP contribution in [0.5, 0.6) is 0 Å². The van der Waals surface area contributed by atoms with E-state index in [2.05, 4.69) is 15.5 Å². The molecule has 1 N–H and O–H groups in total. The van der Waals surface area contributed by atoms with Crippen molar-refractivity contribution in [2.75, 3.05) is 18.4 Å². The molecular formula is C15H16N4O3. The van der Waals surface area contributed by atoms with Crippen molar-refractivity contribution in [2.24, 2.45) is 0 Å². The first kappa shape index (κ1) is 14.2. The number of rotatable bonds is 3. The standard InChI is InChI=1S/C15H16N4O3/c1-10-9-13(18-22-10)17-14(20)11-5-4-6-12(16-11)15(21)19-7-2-3-8-19/h4-6,9H,2-3,7-8H2,1H3,(H,17,18,20). The molecule has 1 saturated heterocycles. The highest BCUT2D eigenvalue weighted by atomic mass is 16.5. The van der Waals surface area contributed by atoms with Crippen molar-refractivity contribution < 1.29 is 14.1 Å². The minimum Gasteiger partial charge on any atom is -0.360 e. The van der Waals surface area contributed by atoms with E-state index >= 15 is 0 Å². The van der Waals surface area contributed by atoms with Gasteiger partial charge in [0.05, 0.1) is 0 Å². The Morgan fingerprint density at radius 1 is 1.23 bits per heavy atom. The molecule has 0 aliphatic carbocycles. The van der Waals surface area contributed by atoms with Crippen molar-refractivity contribution in [2.45, 2.75) is 19.8 Å². The summed E-state index contributed by atoms with van der Waals surface area (Å²) in [5.41, 5.74) is 0.455. The van der Waals surface area contributed by atoms with Gasteiger partial charge in [-0.25, -0.2) is 4.98 Å². The van der Waals surface area contributed by atoms with Crippen LogP contribution in [0.25, 0.3) is 0 Å². The molecule has 0 saturated carbocycles. The minimum absolute atomic E-state index is 0.135. The monoisotopic (exact) mass is 300 g/mol. The molecule has 2 aromatic heterocycles. The second-order valence-corrected chi connectivity index (χ2v) is 5.18. The van der Waals surface area contributed by atoms with Crippen LogP contribution in [0.3, 0.4) is 0 Å². The quantitative estimate of drug-likeness (QED) is 0.934. The van der Waals surface area contributed by atoms with E-state index in [1.807, 2.05) is 0 Å². The van der Waals surface area contributed by atoms with E-state index in [-0.39, 0.29) is 17.3 Å². The Balaban J connectivity index is 1.75. The van der Waals surface area contributed by atoms with Gasteiger partial charge < -0.3 is 14.7 Å². The Hall–Kier alpha value is -2.70. The molecule has 7 nitrogen and oxygen atoms in total. The zero-order valence-electron chi connectivity index (χ0n) is 12.2. The minimum atomic E-state index is -0.427. The Kier molecular flexibility index (Phi) is 3.86. The van der Waals surface area contributed by atoms with Gasteiger partial charge in [-0.1, -0.05) is 11.2 Å². The van der Waals surface area contributed by atoms with Crippen molar-refractivity contribution in [3.05, 3.63) is 41.4 Å². The van der Waals surface area contributed by atoms with Crippen LogP contribution in [-0.4, -0.2) is 39.9 Å². The number of aryl methyl sites for hydroxylation is 1. The number of nitrogens with zero attached hydrogens (tertiary/aromatic N) is 3. The van der Waals surface area contributed by atoms with Crippen LogP contribution >= 0.6 is 0 Å². The molecule has 0 radical (unpaired) electrons. The predicted molar refractivity (Wildman–Crippen MR) is 78.6 cm³/mol. The summed E-state index contributed by atoms with van der Waals surface area (Å²) in [6.07, 6.45) is 2.02. The second-order valence-electron chi connectivity index (χ2n) is 5.18. The summed E-state index contributed by atoms with van der Waals surface area (Å²) in [5.74, 6) is 0.357. The van der Waals surface area contributed by atoms with Crippen LogP contribution in [0.4, 0.5) is 5.82 Å². The summed E-state index contributed by atoms with van der Waals surface area (Å²) in [7, 11) is 0. The normalized spacial score (nSPS) is 14.1. The third kappa shape index (κ3) is 2.98. The lowest BCUT2D eigenvalue weighted by atomic mass is 10.2. The molecule has 2 aromatic rings. The van der Waals surface area contributed by atoms with Crippen molar-refractivity contribution >= 4 is 17.6 Å². The zero-order chi connectivity index (χ0) is 15.5.